The zero-order chi connectivity index (χ0) is 13.7. The van der Waals surface area contributed by atoms with Crippen LogP contribution in [0.1, 0.15) is 6.92 Å². The highest BCUT2D eigenvalue weighted by Gasteiger charge is 2.00. The van der Waals surface area contributed by atoms with Crippen molar-refractivity contribution >= 4 is 0 Å². The highest BCUT2D eigenvalue weighted by Crippen LogP contribution is 2.05. The zero-order valence-electron chi connectivity index (χ0n) is 10.0. The van der Waals surface area contributed by atoms with Crippen molar-refractivity contribution in [2.75, 3.05) is 14.1 Å². The van der Waals surface area contributed by atoms with Gasteiger partial charge in [-0.15, -0.1) is 0 Å². The van der Waals surface area contributed by atoms with Crippen LogP contribution in [0.2, 0.25) is 0 Å². The van der Waals surface area contributed by atoms with E-state index < -0.39 is 5.92 Å². The fourth-order valence-corrected chi connectivity index (χ4v) is 0.732. The molecule has 0 aliphatic carbocycles. The fraction of sp³-hybridized carbons (Fsp3) is 0.333. The molecule has 1 N–H and O–H groups in total. The van der Waals surface area contributed by atoms with E-state index >= 15 is 0 Å². The van der Waals surface area contributed by atoms with Crippen molar-refractivity contribution in [2.24, 2.45) is 5.92 Å². The first-order valence-corrected chi connectivity index (χ1v) is 4.67. The summed E-state index contributed by atoms with van der Waals surface area (Å²) in [6.45, 7) is 1.62. The maximum atomic E-state index is 8.46. The summed E-state index contributed by atoms with van der Waals surface area (Å²) < 4.78 is 0. The van der Waals surface area contributed by atoms with Crippen LogP contribution in [-0.4, -0.2) is 14.1 Å². The third-order valence-electron chi connectivity index (χ3n) is 1.32. The second-order valence-corrected chi connectivity index (χ2v) is 2.93. The Bertz CT molecular complexity index is 415. The molecule has 0 aromatic heterocycles. The minimum Gasteiger partial charge on any atom is -0.323 e. The van der Waals surface area contributed by atoms with Gasteiger partial charge in [0.15, 0.2) is 5.92 Å². The minimum absolute atomic E-state index is 0.0478. The average molecular weight is 227 g/mol. The summed E-state index contributed by atoms with van der Waals surface area (Å²) in [5.74, 6) is -0.843. The van der Waals surface area contributed by atoms with Crippen LogP contribution in [0.5, 0.6) is 0 Å². The van der Waals surface area contributed by atoms with E-state index in [0.29, 0.717) is 5.57 Å². The quantitative estimate of drug-likeness (QED) is 0.566. The topological polar surface area (TPSA) is 107 Å². The molecule has 0 saturated carbocycles. The molecule has 0 aromatic rings. The maximum Gasteiger partial charge on any atom is 0.151 e. The van der Waals surface area contributed by atoms with E-state index in [-0.39, 0.29) is 5.57 Å². The summed E-state index contributed by atoms with van der Waals surface area (Å²) in [6.07, 6.45) is 2.73. The average Bonchev–Trinajstić information content (AvgIpc) is 2.34. The first kappa shape index (κ1) is 16.8. The van der Waals surface area contributed by atoms with E-state index in [1.54, 1.807) is 31.2 Å². The fourth-order valence-electron chi connectivity index (χ4n) is 0.732. The second kappa shape index (κ2) is 11.5. The van der Waals surface area contributed by atoms with Gasteiger partial charge in [0.1, 0.15) is 17.7 Å². The van der Waals surface area contributed by atoms with Crippen LogP contribution in [0.3, 0.4) is 0 Å². The third-order valence-corrected chi connectivity index (χ3v) is 1.32. The normalized spacial score (nSPS) is 8.59. The molecule has 0 unspecified atom stereocenters. The van der Waals surface area contributed by atoms with Gasteiger partial charge in [0.05, 0.1) is 12.1 Å². The molecular weight excluding hydrogens is 214 g/mol. The molecule has 0 atom stereocenters. The summed E-state index contributed by atoms with van der Waals surface area (Å²) in [6, 6.07) is 6.89. The van der Waals surface area contributed by atoms with Crippen molar-refractivity contribution in [3.63, 3.8) is 0 Å². The van der Waals surface area contributed by atoms with E-state index in [0.717, 1.165) is 0 Å². The Labute approximate surface area is 102 Å². The van der Waals surface area contributed by atoms with E-state index in [1.807, 2.05) is 14.1 Å². The Morgan fingerprint density at radius 2 is 1.47 bits per heavy atom. The number of nitriles is 4. The number of nitrogens with one attached hydrogen (secondary N) is 1. The predicted molar refractivity (Wildman–Crippen MR) is 62.8 cm³/mol. The molecule has 0 aromatic carbocycles. The monoisotopic (exact) mass is 227 g/mol. The lowest BCUT2D eigenvalue weighted by molar-refractivity contribution is 1.02. The number of rotatable bonds is 2. The van der Waals surface area contributed by atoms with Crippen LogP contribution in [0.25, 0.3) is 0 Å². The Morgan fingerprint density at radius 3 is 1.76 bits per heavy atom. The van der Waals surface area contributed by atoms with Gasteiger partial charge in [-0.25, -0.2) is 0 Å². The van der Waals surface area contributed by atoms with Crippen LogP contribution in [0.15, 0.2) is 23.3 Å². The van der Waals surface area contributed by atoms with Crippen LogP contribution in [-0.2, 0) is 0 Å². The zero-order valence-corrected chi connectivity index (χ0v) is 10.0. The molecule has 5 heteroatoms. The smallest absolute Gasteiger partial charge is 0.151 e. The number of hydrogen-bond donors (Lipinski definition) is 1. The van der Waals surface area contributed by atoms with Crippen molar-refractivity contribution in [1.82, 2.24) is 5.32 Å². The Hall–Kier alpha value is -2.60. The molecule has 17 heavy (non-hydrogen) atoms. The molecule has 0 radical (unpaired) electrons. The number of allylic oxidation sites excluding steroid dienone is 4. The first-order valence-electron chi connectivity index (χ1n) is 4.67. The molecule has 0 amide bonds. The standard InChI is InChI=1S/C10H6N4.C2H7N/c1-8(2-9(4-11)5-12)3-10(6-13)7-14;1-3-2/h2-3,9H,1H3;3H,1-2H3/b8-2+;. The van der Waals surface area contributed by atoms with E-state index in [1.165, 1.54) is 12.2 Å². The lowest BCUT2D eigenvalue weighted by Crippen LogP contribution is -1.89. The maximum absolute atomic E-state index is 8.46. The van der Waals surface area contributed by atoms with E-state index in [2.05, 4.69) is 5.32 Å². The van der Waals surface area contributed by atoms with E-state index in [4.69, 9.17) is 21.0 Å². The molecule has 0 aliphatic heterocycles. The minimum atomic E-state index is -0.843. The van der Waals surface area contributed by atoms with Crippen molar-refractivity contribution in [3.05, 3.63) is 23.3 Å². The SMILES string of the molecule is C/C(C=C(C#N)C#N)=C\C(C#N)C#N.CNC. The first-order chi connectivity index (χ1) is 8.09. The van der Waals surface area contributed by atoms with Crippen molar-refractivity contribution in [2.45, 2.75) is 6.92 Å². The van der Waals surface area contributed by atoms with Gasteiger partial charge in [-0.1, -0.05) is 11.6 Å². The van der Waals surface area contributed by atoms with Crippen LogP contribution < -0.4 is 5.32 Å². The van der Waals surface area contributed by atoms with Gasteiger partial charge < -0.3 is 5.32 Å². The molecule has 0 aliphatic rings. The Balaban J connectivity index is 0. The van der Waals surface area contributed by atoms with Gasteiger partial charge in [0.2, 0.25) is 0 Å². The lowest BCUT2D eigenvalue weighted by Gasteiger charge is -1.92. The largest absolute Gasteiger partial charge is 0.323 e. The van der Waals surface area contributed by atoms with Gasteiger partial charge >= 0.3 is 0 Å². The summed E-state index contributed by atoms with van der Waals surface area (Å²) in [5, 5.41) is 36.5. The van der Waals surface area contributed by atoms with Gasteiger partial charge in [-0.3, -0.25) is 0 Å². The Kier molecular flexibility index (Phi) is 11.4. The molecule has 0 heterocycles. The lowest BCUT2D eigenvalue weighted by atomic mass is 10.1. The number of hydrogen-bond acceptors (Lipinski definition) is 5. The van der Waals surface area contributed by atoms with Gasteiger partial charge in [-0.05, 0) is 27.1 Å². The molecule has 86 valence electrons. The van der Waals surface area contributed by atoms with Crippen LogP contribution in [0, 0.1) is 51.2 Å². The molecule has 0 fully saturated rings. The predicted octanol–water partition coefficient (Wildman–Crippen LogP) is 1.41. The highest BCUT2D eigenvalue weighted by atomic mass is 14.7. The second-order valence-electron chi connectivity index (χ2n) is 2.93. The molecule has 0 spiro atoms. The van der Waals surface area contributed by atoms with Crippen molar-refractivity contribution < 1.29 is 0 Å². The van der Waals surface area contributed by atoms with Gasteiger partial charge in [-0.2, -0.15) is 21.0 Å². The summed E-state index contributed by atoms with van der Waals surface area (Å²) in [7, 11) is 3.75. The molecular formula is C12H13N5. The van der Waals surface area contributed by atoms with Crippen LogP contribution >= 0.6 is 0 Å². The third kappa shape index (κ3) is 9.70. The van der Waals surface area contributed by atoms with E-state index in [9.17, 15) is 0 Å². The molecule has 0 bridgehead atoms. The summed E-state index contributed by atoms with van der Waals surface area (Å²) >= 11 is 0. The van der Waals surface area contributed by atoms with Gasteiger partial charge in [0.25, 0.3) is 0 Å². The highest BCUT2D eigenvalue weighted by molar-refractivity contribution is 5.41. The van der Waals surface area contributed by atoms with Crippen molar-refractivity contribution in [3.8, 4) is 24.3 Å². The van der Waals surface area contributed by atoms with Crippen molar-refractivity contribution in [1.29, 1.82) is 21.0 Å². The van der Waals surface area contributed by atoms with Crippen LogP contribution in [0.4, 0.5) is 0 Å². The number of nitrogens with zero attached hydrogens (tertiary/aromatic N) is 4. The Morgan fingerprint density at radius 1 is 1.06 bits per heavy atom. The van der Waals surface area contributed by atoms with Gasteiger partial charge in [0, 0.05) is 0 Å². The molecule has 0 rings (SSSR count). The molecule has 5 nitrogen and oxygen atoms in total. The summed E-state index contributed by atoms with van der Waals surface area (Å²) in [5.41, 5.74) is 0.504. The molecule has 0 saturated heterocycles. The summed E-state index contributed by atoms with van der Waals surface area (Å²) in [4.78, 5) is 0.